The van der Waals surface area contributed by atoms with Crippen LogP contribution in [0.2, 0.25) is 0 Å². The third-order valence-electron chi connectivity index (χ3n) is 4.41. The van der Waals surface area contributed by atoms with Gasteiger partial charge in [-0.3, -0.25) is 0 Å². The first-order valence-corrected chi connectivity index (χ1v) is 8.38. The summed E-state index contributed by atoms with van der Waals surface area (Å²) in [6, 6.07) is 12.9. The molecule has 134 valence electrons. The smallest absolute Gasteiger partial charge is 0.335 e. The second-order valence-electron chi connectivity index (χ2n) is 6.17. The van der Waals surface area contributed by atoms with Crippen LogP contribution in [0.4, 0.5) is 0 Å². The van der Waals surface area contributed by atoms with Gasteiger partial charge in [0.2, 0.25) is 5.66 Å². The summed E-state index contributed by atoms with van der Waals surface area (Å²) in [6.45, 7) is 6.17. The van der Waals surface area contributed by atoms with E-state index in [1.165, 1.54) is 0 Å². The molecule has 1 atom stereocenters. The van der Waals surface area contributed by atoms with Crippen molar-refractivity contribution in [3.63, 3.8) is 0 Å². The minimum Gasteiger partial charge on any atom is -0.478 e. The molecule has 1 unspecified atom stereocenters. The summed E-state index contributed by atoms with van der Waals surface area (Å²) in [5, 5.41) is 25.2. The van der Waals surface area contributed by atoms with Gasteiger partial charge in [-0.2, -0.15) is 0 Å². The molecule has 0 saturated heterocycles. The average Bonchev–Trinajstić information content (AvgIpc) is 3.13. The lowest BCUT2D eigenvalue weighted by Gasteiger charge is -2.27. The van der Waals surface area contributed by atoms with Crippen molar-refractivity contribution in [1.29, 1.82) is 0 Å². The minimum absolute atomic E-state index is 0.151. The van der Waals surface area contributed by atoms with Crippen molar-refractivity contribution in [2.24, 2.45) is 20.7 Å². The van der Waals surface area contributed by atoms with E-state index in [4.69, 9.17) is 4.74 Å². The van der Waals surface area contributed by atoms with Gasteiger partial charge in [0.1, 0.15) is 6.10 Å². The van der Waals surface area contributed by atoms with Crippen molar-refractivity contribution in [3.8, 4) is 11.1 Å². The summed E-state index contributed by atoms with van der Waals surface area (Å²) in [7, 11) is 0. The van der Waals surface area contributed by atoms with E-state index in [1.54, 1.807) is 12.1 Å². The molecule has 0 fully saturated rings. The van der Waals surface area contributed by atoms with Crippen molar-refractivity contribution >= 4 is 5.97 Å². The number of hydrogen-bond donors (Lipinski definition) is 1. The topological polar surface area (TPSA) is 96.0 Å². The van der Waals surface area contributed by atoms with Crippen LogP contribution >= 0.6 is 0 Å². The Labute approximate surface area is 151 Å². The van der Waals surface area contributed by atoms with Crippen molar-refractivity contribution < 1.29 is 14.6 Å². The van der Waals surface area contributed by atoms with E-state index in [-0.39, 0.29) is 5.56 Å². The van der Waals surface area contributed by atoms with E-state index in [2.05, 4.69) is 20.7 Å². The van der Waals surface area contributed by atoms with E-state index < -0.39 is 17.7 Å². The molecule has 2 aromatic rings. The molecule has 1 aliphatic rings. The van der Waals surface area contributed by atoms with Crippen LogP contribution in [0, 0.1) is 6.92 Å². The molecule has 0 spiro atoms. The zero-order valence-corrected chi connectivity index (χ0v) is 14.9. The molecule has 1 aliphatic heterocycles. The van der Waals surface area contributed by atoms with Gasteiger partial charge in [-0.05, 0) is 60.5 Å². The lowest BCUT2D eigenvalue weighted by atomic mass is 9.90. The van der Waals surface area contributed by atoms with E-state index >= 15 is 0 Å². The largest absolute Gasteiger partial charge is 0.478 e. The van der Waals surface area contributed by atoms with Gasteiger partial charge in [0.15, 0.2) is 0 Å². The second kappa shape index (κ2) is 7.13. The highest BCUT2D eigenvalue weighted by Gasteiger charge is 2.43. The molecule has 7 nitrogen and oxygen atoms in total. The number of hydrogen-bond acceptors (Lipinski definition) is 6. The van der Waals surface area contributed by atoms with Gasteiger partial charge in [0.25, 0.3) is 0 Å². The number of carboxylic acids is 1. The van der Waals surface area contributed by atoms with Crippen molar-refractivity contribution in [2.75, 3.05) is 6.61 Å². The number of aromatic carboxylic acids is 1. The Bertz CT molecular complexity index is 863. The third kappa shape index (κ3) is 3.25. The van der Waals surface area contributed by atoms with Crippen LogP contribution in [0.3, 0.4) is 0 Å². The molecular formula is C19H20N4O3. The van der Waals surface area contributed by atoms with Crippen molar-refractivity contribution in [1.82, 2.24) is 0 Å². The Morgan fingerprint density at radius 3 is 2.35 bits per heavy atom. The van der Waals surface area contributed by atoms with Crippen LogP contribution in [0.25, 0.3) is 11.1 Å². The van der Waals surface area contributed by atoms with E-state index in [0.717, 1.165) is 16.7 Å². The van der Waals surface area contributed by atoms with Crippen LogP contribution < -0.4 is 0 Å². The monoisotopic (exact) mass is 352 g/mol. The first kappa shape index (κ1) is 17.9. The summed E-state index contributed by atoms with van der Waals surface area (Å²) in [4.78, 5) is 11.7. The molecule has 0 amide bonds. The predicted molar refractivity (Wildman–Crippen MR) is 96.1 cm³/mol. The van der Waals surface area contributed by atoms with Crippen molar-refractivity contribution in [2.45, 2.75) is 32.5 Å². The molecule has 3 rings (SSSR count). The predicted octanol–water partition coefficient (Wildman–Crippen LogP) is 4.77. The fourth-order valence-corrected chi connectivity index (χ4v) is 2.95. The van der Waals surface area contributed by atoms with E-state index in [1.807, 2.05) is 51.1 Å². The zero-order valence-electron chi connectivity index (χ0n) is 14.9. The number of carbonyl (C=O) groups is 1. The fourth-order valence-electron chi connectivity index (χ4n) is 2.95. The van der Waals surface area contributed by atoms with E-state index in [0.29, 0.717) is 12.2 Å². The normalized spacial score (nSPS) is 16.0. The highest BCUT2D eigenvalue weighted by molar-refractivity contribution is 5.90. The van der Waals surface area contributed by atoms with Crippen LogP contribution in [-0.2, 0) is 10.4 Å². The van der Waals surface area contributed by atoms with Crippen LogP contribution in [0.5, 0.6) is 0 Å². The SMILES string of the molecule is CCOC(C)C1(c2cc(C(=O)O)cc(-c3ccc(C)cc3)c2)N=NN=N1. The van der Waals surface area contributed by atoms with Gasteiger partial charge >= 0.3 is 5.97 Å². The molecule has 26 heavy (non-hydrogen) atoms. The van der Waals surface area contributed by atoms with Crippen LogP contribution in [0.15, 0.2) is 63.1 Å². The summed E-state index contributed by atoms with van der Waals surface area (Å²) in [6.07, 6.45) is -0.447. The Balaban J connectivity index is 2.17. The van der Waals surface area contributed by atoms with Gasteiger partial charge in [-0.15, -0.1) is 10.2 Å². The Morgan fingerprint density at radius 1 is 1.12 bits per heavy atom. The molecule has 0 aliphatic carbocycles. The number of rotatable bonds is 6. The molecule has 0 aromatic heterocycles. The lowest BCUT2D eigenvalue weighted by molar-refractivity contribution is 0.0193. The molecule has 0 radical (unpaired) electrons. The lowest BCUT2D eigenvalue weighted by Crippen LogP contribution is -2.35. The number of carboxylic acid groups (broad SMARTS) is 1. The number of nitrogens with zero attached hydrogens (tertiary/aromatic N) is 4. The summed E-state index contributed by atoms with van der Waals surface area (Å²) < 4.78 is 5.69. The number of benzene rings is 2. The summed E-state index contributed by atoms with van der Waals surface area (Å²) in [5.74, 6) is -1.02. The maximum absolute atomic E-state index is 11.7. The zero-order chi connectivity index (χ0) is 18.7. The molecule has 1 N–H and O–H groups in total. The Kier molecular flexibility index (Phi) is 4.90. The second-order valence-corrected chi connectivity index (χ2v) is 6.17. The Hall–Kier alpha value is -2.93. The first-order valence-electron chi connectivity index (χ1n) is 8.38. The Morgan fingerprint density at radius 2 is 1.77 bits per heavy atom. The summed E-state index contributed by atoms with van der Waals surface area (Å²) >= 11 is 0. The molecule has 0 bridgehead atoms. The third-order valence-corrected chi connectivity index (χ3v) is 4.41. The van der Waals surface area contributed by atoms with Gasteiger partial charge < -0.3 is 9.84 Å². The van der Waals surface area contributed by atoms with Crippen LogP contribution in [-0.4, -0.2) is 23.8 Å². The maximum Gasteiger partial charge on any atom is 0.335 e. The minimum atomic E-state index is -1.18. The number of ether oxygens (including phenoxy) is 1. The van der Waals surface area contributed by atoms with Gasteiger partial charge in [-0.1, -0.05) is 29.8 Å². The van der Waals surface area contributed by atoms with E-state index in [9.17, 15) is 9.90 Å². The highest BCUT2D eigenvalue weighted by atomic mass is 16.5. The van der Waals surface area contributed by atoms with Gasteiger partial charge in [0.05, 0.1) is 5.56 Å². The first-order chi connectivity index (χ1) is 12.5. The van der Waals surface area contributed by atoms with Crippen LogP contribution in [0.1, 0.15) is 35.3 Å². The highest BCUT2D eigenvalue weighted by Crippen LogP contribution is 2.39. The quantitative estimate of drug-likeness (QED) is 0.811. The van der Waals surface area contributed by atoms with Crippen molar-refractivity contribution in [3.05, 3.63) is 59.2 Å². The number of aryl methyl sites for hydroxylation is 1. The molecule has 2 aromatic carbocycles. The average molecular weight is 352 g/mol. The maximum atomic E-state index is 11.7. The molecule has 0 saturated carbocycles. The summed E-state index contributed by atoms with van der Waals surface area (Å²) in [5.41, 5.74) is 2.35. The van der Waals surface area contributed by atoms with Gasteiger partial charge in [0, 0.05) is 12.2 Å². The molecule has 7 heteroatoms. The van der Waals surface area contributed by atoms with Gasteiger partial charge in [-0.25, -0.2) is 4.79 Å². The molecule has 1 heterocycles. The molecular weight excluding hydrogens is 332 g/mol. The fraction of sp³-hybridized carbons (Fsp3) is 0.316. The standard InChI is InChI=1S/C19H20N4O3/c1-4-26-13(3)19(20-22-23-21-19)17-10-15(9-16(11-17)18(24)25)14-7-5-12(2)6-8-14/h5-11,13H,4H2,1-3H3,(H,24,25).